The van der Waals surface area contributed by atoms with Crippen LogP contribution >= 0.6 is 11.3 Å². The Morgan fingerprint density at radius 3 is 2.94 bits per heavy atom. The summed E-state index contributed by atoms with van der Waals surface area (Å²) in [6, 6.07) is 4.16. The molecule has 0 bridgehead atoms. The molecule has 16 heavy (non-hydrogen) atoms. The second-order valence-electron chi connectivity index (χ2n) is 4.25. The van der Waals surface area contributed by atoms with E-state index in [1.165, 1.54) is 4.88 Å². The van der Waals surface area contributed by atoms with Crippen LogP contribution in [-0.4, -0.2) is 37.0 Å². The Kier molecular flexibility index (Phi) is 3.96. The Labute approximate surface area is 100 Å². The van der Waals surface area contributed by atoms with Crippen LogP contribution in [0.3, 0.4) is 0 Å². The molecule has 2 heterocycles. The van der Waals surface area contributed by atoms with Gasteiger partial charge in [-0.1, -0.05) is 13.0 Å². The lowest BCUT2D eigenvalue weighted by Gasteiger charge is -2.28. The molecule has 1 aliphatic rings. The van der Waals surface area contributed by atoms with E-state index in [2.05, 4.69) is 23.7 Å². The Bertz CT molecular complexity index is 331. The highest BCUT2D eigenvalue weighted by Gasteiger charge is 2.19. The summed E-state index contributed by atoms with van der Waals surface area (Å²) in [5, 5.41) is 5.33. The van der Waals surface area contributed by atoms with E-state index < -0.39 is 0 Å². The molecule has 1 N–H and O–H groups in total. The first-order valence-electron chi connectivity index (χ1n) is 5.79. The fourth-order valence-electron chi connectivity index (χ4n) is 1.98. The monoisotopic (exact) mass is 238 g/mol. The molecule has 0 saturated carbocycles. The number of hydrogen-bond acceptors (Lipinski definition) is 3. The molecule has 0 aromatic carbocycles. The van der Waals surface area contributed by atoms with Crippen LogP contribution in [0.2, 0.25) is 0 Å². The van der Waals surface area contributed by atoms with Crippen LogP contribution in [0.5, 0.6) is 0 Å². The van der Waals surface area contributed by atoms with E-state index in [0.29, 0.717) is 18.2 Å². The highest BCUT2D eigenvalue weighted by Crippen LogP contribution is 2.24. The average Bonchev–Trinajstić information content (AvgIpc) is 2.83. The van der Waals surface area contributed by atoms with Gasteiger partial charge >= 0.3 is 0 Å². The second kappa shape index (κ2) is 5.46. The minimum atomic E-state index is 0.294. The quantitative estimate of drug-likeness (QED) is 0.869. The van der Waals surface area contributed by atoms with Gasteiger partial charge in [0, 0.05) is 37.5 Å². The van der Waals surface area contributed by atoms with Gasteiger partial charge in [-0.2, -0.15) is 0 Å². The zero-order valence-corrected chi connectivity index (χ0v) is 10.4. The van der Waals surface area contributed by atoms with Crippen molar-refractivity contribution in [1.29, 1.82) is 0 Å². The van der Waals surface area contributed by atoms with Crippen molar-refractivity contribution in [3.63, 3.8) is 0 Å². The first-order chi connectivity index (χ1) is 7.77. The highest BCUT2D eigenvalue weighted by molar-refractivity contribution is 7.10. The van der Waals surface area contributed by atoms with E-state index in [1.807, 2.05) is 11.0 Å². The van der Waals surface area contributed by atoms with Crippen molar-refractivity contribution in [1.82, 2.24) is 10.2 Å². The van der Waals surface area contributed by atoms with Gasteiger partial charge in [0.05, 0.1) is 0 Å². The lowest BCUT2D eigenvalue weighted by atomic mass is 10.1. The molecule has 1 unspecified atom stereocenters. The molecule has 0 aliphatic carbocycles. The minimum absolute atomic E-state index is 0.294. The zero-order valence-electron chi connectivity index (χ0n) is 9.61. The third-order valence-corrected chi connectivity index (χ3v) is 4.08. The van der Waals surface area contributed by atoms with Gasteiger partial charge in [-0.3, -0.25) is 4.79 Å². The highest BCUT2D eigenvalue weighted by atomic mass is 32.1. The van der Waals surface area contributed by atoms with Gasteiger partial charge in [0.1, 0.15) is 0 Å². The topological polar surface area (TPSA) is 32.3 Å². The number of nitrogens with zero attached hydrogens (tertiary/aromatic N) is 1. The summed E-state index contributed by atoms with van der Waals surface area (Å²) in [6.45, 7) is 5.70. The van der Waals surface area contributed by atoms with Crippen LogP contribution in [-0.2, 0) is 4.79 Å². The maximum atomic E-state index is 12.0. The van der Waals surface area contributed by atoms with Gasteiger partial charge in [-0.25, -0.2) is 0 Å². The lowest BCUT2D eigenvalue weighted by molar-refractivity contribution is -0.132. The number of rotatable bonds is 3. The normalized spacial score (nSPS) is 18.4. The summed E-state index contributed by atoms with van der Waals surface area (Å²) in [5.74, 6) is 0.643. The molecular weight excluding hydrogens is 220 g/mol. The third kappa shape index (κ3) is 2.83. The number of nitrogens with one attached hydrogen (secondary N) is 1. The smallest absolute Gasteiger partial charge is 0.223 e. The predicted octanol–water partition coefficient (Wildman–Crippen LogP) is 1.67. The average molecular weight is 238 g/mol. The Balaban J connectivity index is 1.86. The number of carbonyl (C=O) groups excluding carboxylic acids is 1. The summed E-state index contributed by atoms with van der Waals surface area (Å²) >= 11 is 1.74. The van der Waals surface area contributed by atoms with Crippen LogP contribution in [0.4, 0.5) is 0 Å². The fourth-order valence-corrected chi connectivity index (χ4v) is 2.76. The maximum absolute atomic E-state index is 12.0. The van der Waals surface area contributed by atoms with Crippen molar-refractivity contribution in [3.8, 4) is 0 Å². The van der Waals surface area contributed by atoms with Crippen molar-refractivity contribution in [2.45, 2.75) is 19.3 Å². The van der Waals surface area contributed by atoms with Crippen molar-refractivity contribution in [2.24, 2.45) is 0 Å². The lowest BCUT2D eigenvalue weighted by Crippen LogP contribution is -2.46. The molecule has 0 spiro atoms. The van der Waals surface area contributed by atoms with Crippen LogP contribution < -0.4 is 5.32 Å². The number of thiophene rings is 1. The first kappa shape index (κ1) is 11.6. The Morgan fingerprint density at radius 2 is 2.31 bits per heavy atom. The molecule has 1 aromatic heterocycles. The van der Waals surface area contributed by atoms with Gasteiger partial charge in [-0.15, -0.1) is 11.3 Å². The van der Waals surface area contributed by atoms with Crippen molar-refractivity contribution in [2.75, 3.05) is 26.2 Å². The molecule has 1 fully saturated rings. The zero-order chi connectivity index (χ0) is 11.4. The molecule has 1 aromatic rings. The molecule has 88 valence electrons. The third-order valence-electron chi connectivity index (χ3n) is 2.98. The SMILES string of the molecule is CC(CC(=O)N1CCNCC1)c1cccs1. The summed E-state index contributed by atoms with van der Waals surface area (Å²) in [5.41, 5.74) is 0. The second-order valence-corrected chi connectivity index (χ2v) is 5.23. The van der Waals surface area contributed by atoms with Crippen LogP contribution in [0, 0.1) is 0 Å². The molecular formula is C12H18N2OS. The maximum Gasteiger partial charge on any atom is 0.223 e. The molecule has 1 atom stereocenters. The largest absolute Gasteiger partial charge is 0.340 e. The van der Waals surface area contributed by atoms with E-state index in [-0.39, 0.29) is 0 Å². The number of carbonyl (C=O) groups is 1. The summed E-state index contributed by atoms with van der Waals surface area (Å²) < 4.78 is 0. The molecule has 4 heteroatoms. The van der Waals surface area contributed by atoms with Crippen LogP contribution in [0.25, 0.3) is 0 Å². The number of hydrogen-bond donors (Lipinski definition) is 1. The van der Waals surface area contributed by atoms with Crippen molar-refractivity contribution in [3.05, 3.63) is 22.4 Å². The Hall–Kier alpha value is -0.870. The molecule has 3 nitrogen and oxygen atoms in total. The van der Waals surface area contributed by atoms with Crippen LogP contribution in [0.1, 0.15) is 24.1 Å². The predicted molar refractivity (Wildman–Crippen MR) is 66.8 cm³/mol. The fraction of sp³-hybridized carbons (Fsp3) is 0.583. The van der Waals surface area contributed by atoms with Gasteiger partial charge in [0.15, 0.2) is 0 Å². The molecule has 0 radical (unpaired) electrons. The van der Waals surface area contributed by atoms with Gasteiger partial charge in [0.25, 0.3) is 0 Å². The van der Waals surface area contributed by atoms with Gasteiger partial charge < -0.3 is 10.2 Å². The first-order valence-corrected chi connectivity index (χ1v) is 6.67. The van der Waals surface area contributed by atoms with E-state index in [0.717, 1.165) is 26.2 Å². The Morgan fingerprint density at radius 1 is 1.56 bits per heavy atom. The summed E-state index contributed by atoms with van der Waals surface area (Å²) in [4.78, 5) is 15.3. The standard InChI is InChI=1S/C12H18N2OS/c1-10(11-3-2-8-16-11)9-12(15)14-6-4-13-5-7-14/h2-3,8,10,13H,4-7,9H2,1H3. The van der Waals surface area contributed by atoms with E-state index >= 15 is 0 Å². The van der Waals surface area contributed by atoms with E-state index in [1.54, 1.807) is 11.3 Å². The van der Waals surface area contributed by atoms with E-state index in [9.17, 15) is 4.79 Å². The van der Waals surface area contributed by atoms with Crippen molar-refractivity contribution < 1.29 is 4.79 Å². The van der Waals surface area contributed by atoms with Crippen molar-refractivity contribution >= 4 is 17.2 Å². The van der Waals surface area contributed by atoms with Crippen LogP contribution in [0.15, 0.2) is 17.5 Å². The van der Waals surface area contributed by atoms with Gasteiger partial charge in [0.2, 0.25) is 5.91 Å². The molecule has 2 rings (SSSR count). The molecule has 1 saturated heterocycles. The number of piperazine rings is 1. The van der Waals surface area contributed by atoms with E-state index in [4.69, 9.17) is 0 Å². The summed E-state index contributed by atoms with van der Waals surface area (Å²) in [7, 11) is 0. The van der Waals surface area contributed by atoms with Gasteiger partial charge in [-0.05, 0) is 17.4 Å². The molecule has 1 aliphatic heterocycles. The molecule has 1 amide bonds. The summed E-state index contributed by atoms with van der Waals surface area (Å²) in [6.07, 6.45) is 0.639. The number of amides is 1. The minimum Gasteiger partial charge on any atom is -0.340 e.